The van der Waals surface area contributed by atoms with Crippen molar-refractivity contribution in [2.45, 2.75) is 19.8 Å². The Bertz CT molecular complexity index is 302. The number of aryl methyl sites for hydroxylation is 1. The molecule has 0 bridgehead atoms. The molecule has 17 heavy (non-hydrogen) atoms. The van der Waals surface area contributed by atoms with E-state index in [0.717, 1.165) is 38.3 Å². The zero-order valence-corrected chi connectivity index (χ0v) is 10.9. The first-order valence-electron chi connectivity index (χ1n) is 6.31. The van der Waals surface area contributed by atoms with Gasteiger partial charge in [0, 0.05) is 19.6 Å². The van der Waals surface area contributed by atoms with Gasteiger partial charge in [-0.25, -0.2) is 0 Å². The summed E-state index contributed by atoms with van der Waals surface area (Å²) in [4.78, 5) is 0. The van der Waals surface area contributed by atoms with E-state index in [9.17, 15) is 0 Å². The molecule has 0 radical (unpaired) electrons. The van der Waals surface area contributed by atoms with Gasteiger partial charge in [0.05, 0.1) is 13.2 Å². The molecule has 96 valence electrons. The standard InChI is InChI=1S/C14H23NO2/c1-3-13-6-4-7-14(12-13)17-10-5-9-16-11-8-15-2/h4,6-7,12,15H,3,5,8-11H2,1-2H3. The monoisotopic (exact) mass is 237 g/mol. The molecule has 3 nitrogen and oxygen atoms in total. The van der Waals surface area contributed by atoms with Crippen LogP contribution in [0.2, 0.25) is 0 Å². The van der Waals surface area contributed by atoms with Crippen molar-refractivity contribution in [3.05, 3.63) is 29.8 Å². The highest BCUT2D eigenvalue weighted by Crippen LogP contribution is 2.13. The van der Waals surface area contributed by atoms with Gasteiger partial charge in [-0.3, -0.25) is 0 Å². The molecular weight excluding hydrogens is 214 g/mol. The average molecular weight is 237 g/mol. The summed E-state index contributed by atoms with van der Waals surface area (Å²) in [6.45, 7) is 5.29. The minimum absolute atomic E-state index is 0.715. The quantitative estimate of drug-likeness (QED) is 0.668. The lowest BCUT2D eigenvalue weighted by Gasteiger charge is -2.08. The molecule has 0 saturated heterocycles. The Morgan fingerprint density at radius 3 is 2.82 bits per heavy atom. The Kier molecular flexibility index (Phi) is 7.43. The summed E-state index contributed by atoms with van der Waals surface area (Å²) in [6.07, 6.45) is 1.98. The average Bonchev–Trinajstić information content (AvgIpc) is 2.38. The summed E-state index contributed by atoms with van der Waals surface area (Å²) in [5, 5.41) is 3.04. The van der Waals surface area contributed by atoms with Crippen LogP contribution < -0.4 is 10.1 Å². The van der Waals surface area contributed by atoms with E-state index in [0.29, 0.717) is 6.61 Å². The Morgan fingerprint density at radius 1 is 1.18 bits per heavy atom. The Labute approximate surface area is 104 Å². The summed E-state index contributed by atoms with van der Waals surface area (Å²) in [5.74, 6) is 0.958. The van der Waals surface area contributed by atoms with Crippen LogP contribution in [0.4, 0.5) is 0 Å². The number of likely N-dealkylation sites (N-methyl/N-ethyl adjacent to an activating group) is 1. The molecule has 0 aliphatic heterocycles. The van der Waals surface area contributed by atoms with Crippen LogP contribution in [0.1, 0.15) is 18.9 Å². The van der Waals surface area contributed by atoms with Gasteiger partial charge in [0.1, 0.15) is 5.75 Å². The van der Waals surface area contributed by atoms with Crippen LogP contribution in [-0.2, 0) is 11.2 Å². The minimum atomic E-state index is 0.715. The van der Waals surface area contributed by atoms with Gasteiger partial charge in [0.25, 0.3) is 0 Å². The van der Waals surface area contributed by atoms with Gasteiger partial charge in [-0.05, 0) is 31.2 Å². The molecule has 0 atom stereocenters. The molecule has 1 aromatic carbocycles. The van der Waals surface area contributed by atoms with Crippen LogP contribution in [0.5, 0.6) is 5.75 Å². The van der Waals surface area contributed by atoms with E-state index in [-0.39, 0.29) is 0 Å². The Hall–Kier alpha value is -1.06. The lowest BCUT2D eigenvalue weighted by molar-refractivity contribution is 0.122. The minimum Gasteiger partial charge on any atom is -0.493 e. The van der Waals surface area contributed by atoms with Crippen LogP contribution >= 0.6 is 0 Å². The molecule has 0 aliphatic carbocycles. The summed E-state index contributed by atoms with van der Waals surface area (Å²) in [6, 6.07) is 8.26. The van der Waals surface area contributed by atoms with E-state index in [4.69, 9.17) is 9.47 Å². The maximum atomic E-state index is 5.66. The molecule has 1 N–H and O–H groups in total. The molecule has 1 aromatic rings. The van der Waals surface area contributed by atoms with Crippen molar-refractivity contribution in [1.29, 1.82) is 0 Å². The van der Waals surface area contributed by atoms with Crippen molar-refractivity contribution in [2.24, 2.45) is 0 Å². The van der Waals surface area contributed by atoms with Gasteiger partial charge in [-0.2, -0.15) is 0 Å². The summed E-state index contributed by atoms with van der Waals surface area (Å²) < 4.78 is 11.1. The second-order valence-corrected chi connectivity index (χ2v) is 3.92. The van der Waals surface area contributed by atoms with Crippen LogP contribution in [0.15, 0.2) is 24.3 Å². The van der Waals surface area contributed by atoms with Crippen molar-refractivity contribution >= 4 is 0 Å². The predicted octanol–water partition coefficient (Wildman–Crippen LogP) is 2.25. The number of hydrogen-bond acceptors (Lipinski definition) is 3. The normalized spacial score (nSPS) is 10.5. The van der Waals surface area contributed by atoms with Crippen LogP contribution in [0, 0.1) is 0 Å². The van der Waals surface area contributed by atoms with Gasteiger partial charge < -0.3 is 14.8 Å². The predicted molar refractivity (Wildman–Crippen MR) is 70.7 cm³/mol. The molecule has 0 aliphatic rings. The molecule has 0 aromatic heterocycles. The fourth-order valence-electron chi connectivity index (χ4n) is 1.48. The van der Waals surface area contributed by atoms with E-state index in [1.165, 1.54) is 5.56 Å². The molecule has 0 amide bonds. The third kappa shape index (κ3) is 6.29. The number of ether oxygens (including phenoxy) is 2. The van der Waals surface area contributed by atoms with Crippen molar-refractivity contribution in [3.63, 3.8) is 0 Å². The lowest BCUT2D eigenvalue weighted by Crippen LogP contribution is -2.15. The zero-order valence-electron chi connectivity index (χ0n) is 10.9. The first-order chi connectivity index (χ1) is 8.36. The Balaban J connectivity index is 2.09. The molecule has 0 fully saturated rings. The third-order valence-electron chi connectivity index (χ3n) is 2.50. The Morgan fingerprint density at radius 2 is 2.06 bits per heavy atom. The topological polar surface area (TPSA) is 30.5 Å². The summed E-state index contributed by atoms with van der Waals surface area (Å²) in [5.41, 5.74) is 1.31. The third-order valence-corrected chi connectivity index (χ3v) is 2.50. The largest absolute Gasteiger partial charge is 0.493 e. The van der Waals surface area contributed by atoms with Gasteiger partial charge in [0.2, 0.25) is 0 Å². The van der Waals surface area contributed by atoms with Crippen molar-refractivity contribution < 1.29 is 9.47 Å². The smallest absolute Gasteiger partial charge is 0.119 e. The zero-order chi connectivity index (χ0) is 12.3. The molecular formula is C14H23NO2. The number of nitrogens with one attached hydrogen (secondary N) is 1. The van der Waals surface area contributed by atoms with Crippen molar-refractivity contribution in [2.75, 3.05) is 33.4 Å². The van der Waals surface area contributed by atoms with Crippen LogP contribution in [-0.4, -0.2) is 33.4 Å². The second kappa shape index (κ2) is 9.02. The first kappa shape index (κ1) is 14.0. The van der Waals surface area contributed by atoms with E-state index >= 15 is 0 Å². The number of benzene rings is 1. The molecule has 0 saturated carbocycles. The highest BCUT2D eigenvalue weighted by molar-refractivity contribution is 5.28. The van der Waals surface area contributed by atoms with Crippen LogP contribution in [0.25, 0.3) is 0 Å². The van der Waals surface area contributed by atoms with E-state index in [1.54, 1.807) is 0 Å². The van der Waals surface area contributed by atoms with Crippen molar-refractivity contribution in [1.82, 2.24) is 5.32 Å². The van der Waals surface area contributed by atoms with Gasteiger partial charge in [-0.15, -0.1) is 0 Å². The fraction of sp³-hybridized carbons (Fsp3) is 0.571. The van der Waals surface area contributed by atoms with Gasteiger partial charge in [0.15, 0.2) is 0 Å². The number of hydrogen-bond donors (Lipinski definition) is 1. The maximum absolute atomic E-state index is 5.66. The SMILES string of the molecule is CCc1cccc(OCCCOCCNC)c1. The summed E-state index contributed by atoms with van der Waals surface area (Å²) in [7, 11) is 1.92. The number of rotatable bonds is 9. The van der Waals surface area contributed by atoms with Crippen LogP contribution in [0.3, 0.4) is 0 Å². The first-order valence-corrected chi connectivity index (χ1v) is 6.31. The molecule has 0 unspecified atom stereocenters. The van der Waals surface area contributed by atoms with Gasteiger partial charge in [-0.1, -0.05) is 19.1 Å². The van der Waals surface area contributed by atoms with E-state index < -0.39 is 0 Å². The maximum Gasteiger partial charge on any atom is 0.119 e. The molecule has 0 spiro atoms. The van der Waals surface area contributed by atoms with Crippen molar-refractivity contribution in [3.8, 4) is 5.75 Å². The highest BCUT2D eigenvalue weighted by atomic mass is 16.5. The highest BCUT2D eigenvalue weighted by Gasteiger charge is 1.95. The van der Waals surface area contributed by atoms with E-state index in [2.05, 4.69) is 24.4 Å². The molecule has 3 heteroatoms. The molecule has 1 rings (SSSR count). The van der Waals surface area contributed by atoms with Gasteiger partial charge >= 0.3 is 0 Å². The van der Waals surface area contributed by atoms with E-state index in [1.807, 2.05) is 19.2 Å². The second-order valence-electron chi connectivity index (χ2n) is 3.92. The summed E-state index contributed by atoms with van der Waals surface area (Å²) >= 11 is 0. The lowest BCUT2D eigenvalue weighted by atomic mass is 10.2. The fourth-order valence-corrected chi connectivity index (χ4v) is 1.48. The molecule has 0 heterocycles.